The van der Waals surface area contributed by atoms with Crippen LogP contribution in [0.5, 0.6) is 11.5 Å². The van der Waals surface area contributed by atoms with Crippen molar-refractivity contribution in [2.75, 3.05) is 11.9 Å². The summed E-state index contributed by atoms with van der Waals surface area (Å²) in [5, 5.41) is 2.42. The minimum atomic E-state index is -3.73. The number of carbonyl (C=O) groups excluding carboxylic acids is 2. The van der Waals surface area contributed by atoms with Crippen molar-refractivity contribution >= 4 is 17.6 Å². The minimum Gasteiger partial charge on any atom is -0.452 e. The summed E-state index contributed by atoms with van der Waals surface area (Å²) in [4.78, 5) is 23.8. The number of hydrogen-bond donors (Lipinski definition) is 1. The van der Waals surface area contributed by atoms with Crippen molar-refractivity contribution < 1.29 is 32.6 Å². The molecule has 1 aliphatic rings. The number of halogens is 2. The van der Waals surface area contributed by atoms with Gasteiger partial charge < -0.3 is 19.5 Å². The van der Waals surface area contributed by atoms with Gasteiger partial charge in [0.25, 0.3) is 5.91 Å². The van der Waals surface area contributed by atoms with E-state index in [4.69, 9.17) is 4.74 Å². The maximum atomic E-state index is 12.9. The molecule has 0 atom stereocenters. The Morgan fingerprint density at radius 1 is 1.12 bits per heavy atom. The van der Waals surface area contributed by atoms with Crippen LogP contribution in [0.15, 0.2) is 42.5 Å². The van der Waals surface area contributed by atoms with E-state index in [1.807, 2.05) is 0 Å². The molecule has 6 nitrogen and oxygen atoms in total. The second kappa shape index (κ2) is 6.39. The van der Waals surface area contributed by atoms with Gasteiger partial charge in [-0.05, 0) is 30.7 Å². The lowest BCUT2D eigenvalue weighted by atomic mass is 10.1. The Bertz CT molecular complexity index is 838. The number of hydrogen-bond acceptors (Lipinski definition) is 5. The molecule has 0 saturated heterocycles. The average Bonchev–Trinajstić information content (AvgIpc) is 2.86. The number of ether oxygens (including phenoxy) is 3. The number of esters is 1. The largest absolute Gasteiger partial charge is 0.586 e. The number of rotatable bonds is 4. The number of carbonyl (C=O) groups is 2. The molecule has 0 saturated carbocycles. The highest BCUT2D eigenvalue weighted by molar-refractivity contribution is 5.96. The highest BCUT2D eigenvalue weighted by Gasteiger charge is 2.43. The number of alkyl halides is 2. The Balaban J connectivity index is 1.57. The predicted molar refractivity (Wildman–Crippen MR) is 82.7 cm³/mol. The molecule has 2 aromatic carbocycles. The molecule has 1 heterocycles. The van der Waals surface area contributed by atoms with E-state index < -0.39 is 24.8 Å². The van der Waals surface area contributed by atoms with E-state index in [2.05, 4.69) is 14.8 Å². The van der Waals surface area contributed by atoms with Gasteiger partial charge in [0.05, 0.1) is 5.56 Å². The van der Waals surface area contributed by atoms with E-state index in [9.17, 15) is 18.4 Å². The normalized spacial score (nSPS) is 14.0. The summed E-state index contributed by atoms with van der Waals surface area (Å²) in [5.41, 5.74) is 1.29. The third-order valence-corrected chi connectivity index (χ3v) is 3.38. The fourth-order valence-electron chi connectivity index (χ4n) is 2.23. The molecule has 0 bridgehead atoms. The Kier molecular flexibility index (Phi) is 4.26. The first-order chi connectivity index (χ1) is 11.8. The van der Waals surface area contributed by atoms with Gasteiger partial charge >= 0.3 is 12.3 Å². The van der Waals surface area contributed by atoms with Crippen LogP contribution in [0.2, 0.25) is 0 Å². The summed E-state index contributed by atoms with van der Waals surface area (Å²) in [6.07, 6.45) is -3.73. The van der Waals surface area contributed by atoms with Crippen molar-refractivity contribution in [3.05, 3.63) is 53.6 Å². The zero-order valence-electron chi connectivity index (χ0n) is 13.0. The second-order valence-corrected chi connectivity index (χ2v) is 5.27. The fourth-order valence-corrected chi connectivity index (χ4v) is 2.23. The van der Waals surface area contributed by atoms with Gasteiger partial charge in [-0.2, -0.15) is 0 Å². The van der Waals surface area contributed by atoms with E-state index in [0.29, 0.717) is 5.56 Å². The van der Waals surface area contributed by atoms with Crippen molar-refractivity contribution in [3.8, 4) is 11.5 Å². The van der Waals surface area contributed by atoms with Gasteiger partial charge in [0.15, 0.2) is 18.1 Å². The number of nitrogens with one attached hydrogen (secondary N) is 1. The molecule has 0 radical (unpaired) electrons. The van der Waals surface area contributed by atoms with Crippen LogP contribution in [-0.2, 0) is 9.53 Å². The van der Waals surface area contributed by atoms with Crippen LogP contribution >= 0.6 is 0 Å². The molecule has 8 heteroatoms. The minimum absolute atomic E-state index is 0.131. The van der Waals surface area contributed by atoms with Gasteiger partial charge in [-0.3, -0.25) is 4.79 Å². The number of benzene rings is 2. The summed E-state index contributed by atoms with van der Waals surface area (Å²) in [7, 11) is 0. The molecule has 0 unspecified atom stereocenters. The molecule has 0 aliphatic carbocycles. The molecule has 1 amide bonds. The van der Waals surface area contributed by atoms with Gasteiger partial charge in [-0.25, -0.2) is 4.79 Å². The molecule has 25 heavy (non-hydrogen) atoms. The Hall–Kier alpha value is -3.16. The Morgan fingerprint density at radius 3 is 2.60 bits per heavy atom. The lowest BCUT2D eigenvalue weighted by molar-refractivity contribution is -0.286. The molecule has 1 N–H and O–H groups in total. The standard InChI is InChI=1S/C17H13F2NO5/c1-10-4-2-3-5-12(10)16(22)23-9-15(21)20-11-6-7-13-14(8-11)25-17(18,19)24-13/h2-8H,9H2,1H3,(H,20,21). The Morgan fingerprint density at radius 2 is 1.84 bits per heavy atom. The van der Waals surface area contributed by atoms with Crippen LogP contribution in [-0.4, -0.2) is 24.8 Å². The van der Waals surface area contributed by atoms with Crippen molar-refractivity contribution in [3.63, 3.8) is 0 Å². The monoisotopic (exact) mass is 349 g/mol. The van der Waals surface area contributed by atoms with Gasteiger partial charge in [0.1, 0.15) is 0 Å². The van der Waals surface area contributed by atoms with Crippen molar-refractivity contribution in [2.24, 2.45) is 0 Å². The lowest BCUT2D eigenvalue weighted by Gasteiger charge is -2.08. The average molecular weight is 349 g/mol. The summed E-state index contributed by atoms with van der Waals surface area (Å²) < 4.78 is 39.4. The van der Waals surface area contributed by atoms with Gasteiger partial charge in [-0.1, -0.05) is 18.2 Å². The SMILES string of the molecule is Cc1ccccc1C(=O)OCC(=O)Nc1ccc2c(c1)OC(F)(F)O2. The molecule has 130 valence electrons. The van der Waals surface area contributed by atoms with Crippen LogP contribution in [0.1, 0.15) is 15.9 Å². The van der Waals surface area contributed by atoms with Crippen LogP contribution < -0.4 is 14.8 Å². The number of anilines is 1. The summed E-state index contributed by atoms with van der Waals surface area (Å²) >= 11 is 0. The molecule has 0 spiro atoms. The Labute approximate surface area is 141 Å². The zero-order valence-corrected chi connectivity index (χ0v) is 13.0. The van der Waals surface area contributed by atoms with E-state index >= 15 is 0 Å². The summed E-state index contributed by atoms with van der Waals surface area (Å²) in [5.74, 6) is -1.57. The summed E-state index contributed by atoms with van der Waals surface area (Å²) in [6.45, 7) is 1.23. The molecule has 0 aromatic heterocycles. The maximum absolute atomic E-state index is 12.9. The topological polar surface area (TPSA) is 73.9 Å². The van der Waals surface area contributed by atoms with Crippen molar-refractivity contribution in [2.45, 2.75) is 13.2 Å². The van der Waals surface area contributed by atoms with Crippen LogP contribution in [0.25, 0.3) is 0 Å². The highest BCUT2D eigenvalue weighted by Crippen LogP contribution is 2.42. The third kappa shape index (κ3) is 3.85. The van der Waals surface area contributed by atoms with E-state index in [-0.39, 0.29) is 17.2 Å². The zero-order chi connectivity index (χ0) is 18.0. The third-order valence-electron chi connectivity index (χ3n) is 3.38. The summed E-state index contributed by atoms with van der Waals surface area (Å²) in [6, 6.07) is 10.6. The number of amides is 1. The van der Waals surface area contributed by atoms with E-state index in [1.54, 1.807) is 31.2 Å². The molecular formula is C17H13F2NO5. The molecule has 2 aromatic rings. The lowest BCUT2D eigenvalue weighted by Crippen LogP contribution is -2.25. The van der Waals surface area contributed by atoms with E-state index in [1.165, 1.54) is 18.2 Å². The van der Waals surface area contributed by atoms with Gasteiger partial charge in [0.2, 0.25) is 0 Å². The maximum Gasteiger partial charge on any atom is 0.586 e. The van der Waals surface area contributed by atoms with Gasteiger partial charge in [-0.15, -0.1) is 8.78 Å². The molecule has 0 fully saturated rings. The quantitative estimate of drug-likeness (QED) is 0.859. The number of aryl methyl sites for hydroxylation is 1. The number of fused-ring (bicyclic) bond motifs is 1. The molecule has 3 rings (SSSR count). The van der Waals surface area contributed by atoms with Crippen molar-refractivity contribution in [1.29, 1.82) is 0 Å². The first-order valence-electron chi connectivity index (χ1n) is 7.26. The second-order valence-electron chi connectivity index (χ2n) is 5.27. The fraction of sp³-hybridized carbons (Fsp3) is 0.176. The van der Waals surface area contributed by atoms with Gasteiger partial charge in [0, 0.05) is 11.8 Å². The van der Waals surface area contributed by atoms with Crippen molar-refractivity contribution in [1.82, 2.24) is 0 Å². The first kappa shape index (κ1) is 16.7. The smallest absolute Gasteiger partial charge is 0.452 e. The van der Waals surface area contributed by atoms with Crippen LogP contribution in [0, 0.1) is 6.92 Å². The first-order valence-corrected chi connectivity index (χ1v) is 7.26. The predicted octanol–water partition coefficient (Wildman–Crippen LogP) is 3.11. The van der Waals surface area contributed by atoms with E-state index in [0.717, 1.165) is 5.56 Å². The molecular weight excluding hydrogens is 336 g/mol. The van der Waals surface area contributed by atoms with Crippen LogP contribution in [0.3, 0.4) is 0 Å². The molecule has 1 aliphatic heterocycles. The highest BCUT2D eigenvalue weighted by atomic mass is 19.3. The van der Waals surface area contributed by atoms with Crippen LogP contribution in [0.4, 0.5) is 14.5 Å².